The highest BCUT2D eigenvalue weighted by Crippen LogP contribution is 2.11. The standard InChI is InChI=1S/C13H13N3O/c1-9-3-2-4-10(7-9)5-6-11-8-15-13(17)16-12(11)14/h2-8H,1H3,(H3,14,15,16,17)/b6-5+. The van der Waals surface area contributed by atoms with Gasteiger partial charge in [-0.1, -0.05) is 35.9 Å². The van der Waals surface area contributed by atoms with Crippen LogP contribution in [-0.4, -0.2) is 9.97 Å². The number of H-pyrrole nitrogens is 1. The van der Waals surface area contributed by atoms with E-state index in [4.69, 9.17) is 5.73 Å². The molecule has 0 saturated heterocycles. The molecule has 0 aliphatic heterocycles. The van der Waals surface area contributed by atoms with Gasteiger partial charge in [-0.2, -0.15) is 0 Å². The summed E-state index contributed by atoms with van der Waals surface area (Å²) in [7, 11) is 0. The topological polar surface area (TPSA) is 71.8 Å². The average Bonchev–Trinajstić information content (AvgIpc) is 2.28. The Morgan fingerprint density at radius 3 is 2.88 bits per heavy atom. The molecule has 0 radical (unpaired) electrons. The first-order chi connectivity index (χ1) is 8.15. The molecule has 0 unspecified atom stereocenters. The third kappa shape index (κ3) is 2.81. The number of aromatic nitrogens is 2. The third-order valence-corrected chi connectivity index (χ3v) is 2.37. The second-order valence-electron chi connectivity index (χ2n) is 3.80. The molecule has 0 spiro atoms. The van der Waals surface area contributed by atoms with E-state index in [1.165, 1.54) is 11.8 Å². The van der Waals surface area contributed by atoms with Crippen molar-refractivity contribution in [3.63, 3.8) is 0 Å². The second kappa shape index (κ2) is 4.65. The highest BCUT2D eigenvalue weighted by atomic mass is 16.1. The Morgan fingerprint density at radius 1 is 1.35 bits per heavy atom. The number of hydrogen-bond donors (Lipinski definition) is 2. The number of rotatable bonds is 2. The van der Waals surface area contributed by atoms with Crippen LogP contribution in [-0.2, 0) is 0 Å². The van der Waals surface area contributed by atoms with Crippen LogP contribution in [0.3, 0.4) is 0 Å². The minimum absolute atomic E-state index is 0.328. The van der Waals surface area contributed by atoms with Crippen LogP contribution < -0.4 is 11.4 Å². The van der Waals surface area contributed by atoms with Gasteiger partial charge < -0.3 is 5.73 Å². The van der Waals surface area contributed by atoms with Crippen LogP contribution in [0.1, 0.15) is 16.7 Å². The monoisotopic (exact) mass is 227 g/mol. The molecule has 0 fully saturated rings. The van der Waals surface area contributed by atoms with Gasteiger partial charge in [0.15, 0.2) is 0 Å². The second-order valence-corrected chi connectivity index (χ2v) is 3.80. The van der Waals surface area contributed by atoms with E-state index in [2.05, 4.69) is 16.0 Å². The zero-order valence-electron chi connectivity index (χ0n) is 9.47. The van der Waals surface area contributed by atoms with Crippen LogP contribution in [0.15, 0.2) is 35.3 Å². The van der Waals surface area contributed by atoms with E-state index < -0.39 is 5.69 Å². The fourth-order valence-corrected chi connectivity index (χ4v) is 1.51. The number of aromatic amines is 1. The largest absolute Gasteiger partial charge is 0.385 e. The molecule has 0 atom stereocenters. The fraction of sp³-hybridized carbons (Fsp3) is 0.0769. The summed E-state index contributed by atoms with van der Waals surface area (Å²) in [5.74, 6) is 0.328. The summed E-state index contributed by atoms with van der Waals surface area (Å²) >= 11 is 0. The summed E-state index contributed by atoms with van der Waals surface area (Å²) in [4.78, 5) is 17.0. The molecule has 4 heteroatoms. The smallest absolute Gasteiger partial charge is 0.346 e. The molecule has 86 valence electrons. The normalized spacial score (nSPS) is 10.9. The Labute approximate surface area is 98.8 Å². The average molecular weight is 227 g/mol. The lowest BCUT2D eigenvalue weighted by Crippen LogP contribution is -2.12. The lowest BCUT2D eigenvalue weighted by Gasteiger charge is -1.98. The van der Waals surface area contributed by atoms with Gasteiger partial charge in [0.1, 0.15) is 5.82 Å². The summed E-state index contributed by atoms with van der Waals surface area (Å²) in [5, 5.41) is 0. The molecule has 0 amide bonds. The van der Waals surface area contributed by atoms with Crippen molar-refractivity contribution in [3.05, 3.63) is 57.6 Å². The lowest BCUT2D eigenvalue weighted by molar-refractivity contribution is 1.08. The van der Waals surface area contributed by atoms with Crippen LogP contribution in [0.5, 0.6) is 0 Å². The Balaban J connectivity index is 2.29. The Bertz CT molecular complexity index is 614. The van der Waals surface area contributed by atoms with E-state index in [9.17, 15) is 4.79 Å². The van der Waals surface area contributed by atoms with Crippen molar-refractivity contribution in [2.24, 2.45) is 0 Å². The zero-order valence-corrected chi connectivity index (χ0v) is 9.47. The SMILES string of the molecule is Cc1cccc(/C=C/c2cnc(=O)[nH]c2N)c1. The first kappa shape index (κ1) is 11.1. The summed E-state index contributed by atoms with van der Waals surface area (Å²) in [6.45, 7) is 2.03. The molecule has 1 heterocycles. The molecule has 2 rings (SSSR count). The molecule has 0 aliphatic rings. The highest BCUT2D eigenvalue weighted by molar-refractivity contribution is 5.73. The van der Waals surface area contributed by atoms with E-state index >= 15 is 0 Å². The van der Waals surface area contributed by atoms with E-state index in [0.717, 1.165) is 5.56 Å². The van der Waals surface area contributed by atoms with Gasteiger partial charge in [0, 0.05) is 11.8 Å². The quantitative estimate of drug-likeness (QED) is 0.822. The van der Waals surface area contributed by atoms with Crippen molar-refractivity contribution < 1.29 is 0 Å². The van der Waals surface area contributed by atoms with E-state index in [1.54, 1.807) is 0 Å². The summed E-state index contributed by atoms with van der Waals surface area (Å²) in [6, 6.07) is 8.08. The number of nitrogens with two attached hydrogens (primary N) is 1. The maximum absolute atomic E-state index is 10.9. The molecule has 3 N–H and O–H groups in total. The van der Waals surface area contributed by atoms with E-state index in [-0.39, 0.29) is 0 Å². The minimum atomic E-state index is -0.435. The number of nitrogens with one attached hydrogen (secondary N) is 1. The van der Waals surface area contributed by atoms with Gasteiger partial charge in [-0.25, -0.2) is 9.78 Å². The van der Waals surface area contributed by atoms with Crippen molar-refractivity contribution in [2.45, 2.75) is 6.92 Å². The summed E-state index contributed by atoms with van der Waals surface area (Å²) in [6.07, 6.45) is 5.21. The zero-order chi connectivity index (χ0) is 12.3. The highest BCUT2D eigenvalue weighted by Gasteiger charge is 1.96. The number of benzene rings is 1. The molecular formula is C13H13N3O. The molecular weight excluding hydrogens is 214 g/mol. The van der Waals surface area contributed by atoms with Crippen molar-refractivity contribution in [2.75, 3.05) is 5.73 Å². The van der Waals surface area contributed by atoms with E-state index in [1.807, 2.05) is 37.3 Å². The van der Waals surface area contributed by atoms with Gasteiger partial charge in [0.25, 0.3) is 0 Å². The van der Waals surface area contributed by atoms with Crippen molar-refractivity contribution in [1.82, 2.24) is 9.97 Å². The molecule has 1 aromatic carbocycles. The number of nitrogens with zero attached hydrogens (tertiary/aromatic N) is 1. The summed E-state index contributed by atoms with van der Waals surface area (Å²) in [5.41, 5.74) is 8.21. The molecule has 4 nitrogen and oxygen atoms in total. The maximum atomic E-state index is 10.9. The number of nitrogen functional groups attached to an aromatic ring is 1. The van der Waals surface area contributed by atoms with Gasteiger partial charge in [-0.05, 0) is 18.6 Å². The van der Waals surface area contributed by atoms with Gasteiger partial charge in [0.2, 0.25) is 0 Å². The lowest BCUT2D eigenvalue weighted by atomic mass is 10.1. The Morgan fingerprint density at radius 2 is 2.18 bits per heavy atom. The molecule has 0 aliphatic carbocycles. The number of hydrogen-bond acceptors (Lipinski definition) is 3. The predicted molar refractivity (Wildman–Crippen MR) is 69.4 cm³/mol. The number of aryl methyl sites for hydroxylation is 1. The van der Waals surface area contributed by atoms with Crippen LogP contribution in [0.4, 0.5) is 5.82 Å². The Hall–Kier alpha value is -2.36. The van der Waals surface area contributed by atoms with Crippen molar-refractivity contribution in [3.8, 4) is 0 Å². The predicted octanol–water partition coefficient (Wildman–Crippen LogP) is 1.83. The van der Waals surface area contributed by atoms with Crippen LogP contribution in [0.25, 0.3) is 12.2 Å². The summed E-state index contributed by atoms with van der Waals surface area (Å²) < 4.78 is 0. The number of anilines is 1. The molecule has 17 heavy (non-hydrogen) atoms. The van der Waals surface area contributed by atoms with Crippen molar-refractivity contribution in [1.29, 1.82) is 0 Å². The van der Waals surface area contributed by atoms with Crippen LogP contribution in [0, 0.1) is 6.92 Å². The van der Waals surface area contributed by atoms with Gasteiger partial charge in [-0.15, -0.1) is 0 Å². The van der Waals surface area contributed by atoms with Gasteiger partial charge in [-0.3, -0.25) is 4.98 Å². The molecule has 2 aromatic rings. The maximum Gasteiger partial charge on any atom is 0.346 e. The third-order valence-electron chi connectivity index (χ3n) is 2.37. The first-order valence-electron chi connectivity index (χ1n) is 5.25. The fourth-order valence-electron chi connectivity index (χ4n) is 1.51. The first-order valence-corrected chi connectivity index (χ1v) is 5.25. The van der Waals surface area contributed by atoms with E-state index in [0.29, 0.717) is 11.4 Å². The van der Waals surface area contributed by atoms with Gasteiger partial charge in [0.05, 0.1) is 0 Å². The van der Waals surface area contributed by atoms with Crippen molar-refractivity contribution >= 4 is 18.0 Å². The Kier molecular flexibility index (Phi) is 3.05. The molecule has 0 saturated carbocycles. The molecule has 0 bridgehead atoms. The van der Waals surface area contributed by atoms with Gasteiger partial charge >= 0.3 is 5.69 Å². The molecule has 1 aromatic heterocycles. The van der Waals surface area contributed by atoms with Crippen LogP contribution in [0.2, 0.25) is 0 Å². The van der Waals surface area contributed by atoms with Crippen LogP contribution >= 0.6 is 0 Å². The minimum Gasteiger partial charge on any atom is -0.385 e.